The number of amides is 1. The molecule has 2 aromatic heterocycles. The Morgan fingerprint density at radius 2 is 1.84 bits per heavy atom. The zero-order valence-corrected chi connectivity index (χ0v) is 18.0. The third kappa shape index (κ3) is 4.13. The van der Waals surface area contributed by atoms with Gasteiger partial charge in [0.15, 0.2) is 0 Å². The summed E-state index contributed by atoms with van der Waals surface area (Å²) in [6, 6.07) is 14.1. The van der Waals surface area contributed by atoms with Crippen LogP contribution in [-0.2, 0) is 11.2 Å². The molecule has 1 aliphatic heterocycles. The fourth-order valence-electron chi connectivity index (χ4n) is 4.88. The first-order valence-corrected chi connectivity index (χ1v) is 11.2. The monoisotopic (exact) mass is 429 g/mol. The second-order valence-electron chi connectivity index (χ2n) is 8.32. The summed E-state index contributed by atoms with van der Waals surface area (Å²) in [5.41, 5.74) is 5.69. The lowest BCUT2D eigenvalue weighted by molar-refractivity contribution is -0.131. The molecule has 1 saturated heterocycles. The molecular weight excluding hydrogens is 406 g/mol. The minimum Gasteiger partial charge on any atom is -0.342 e. The van der Waals surface area contributed by atoms with Gasteiger partial charge in [-0.15, -0.1) is 0 Å². The Hall–Kier alpha value is -2.98. The van der Waals surface area contributed by atoms with E-state index in [9.17, 15) is 4.79 Å². The van der Waals surface area contributed by atoms with Crippen LogP contribution in [0.15, 0.2) is 61.1 Å². The van der Waals surface area contributed by atoms with Crippen LogP contribution < -0.4 is 0 Å². The quantitative estimate of drug-likeness (QED) is 0.572. The number of pyridine rings is 2. The van der Waals surface area contributed by atoms with Crippen LogP contribution in [0, 0.1) is 5.92 Å². The number of benzene rings is 1. The van der Waals surface area contributed by atoms with Gasteiger partial charge >= 0.3 is 0 Å². The standard InChI is InChI=1S/C26H24ClN3O/c27-22-7-8-23-21(16-22)6-5-20-4-2-12-29-26(20)25(23)19-9-13-30(14-10-19)24(31)15-18-3-1-11-28-17-18/h1-8,11-12,16-17,19,25H,9-10,13-15H2. The Bertz CT molecular complexity index is 1120. The predicted octanol–water partition coefficient (Wildman–Crippen LogP) is 5.23. The van der Waals surface area contributed by atoms with Gasteiger partial charge in [-0.05, 0) is 65.3 Å². The van der Waals surface area contributed by atoms with E-state index in [0.29, 0.717) is 12.3 Å². The SMILES string of the molecule is O=C(Cc1cccnc1)N1CCC(C2c3ccc(Cl)cc3C=Cc3cccnc32)CC1. The number of likely N-dealkylation sites (tertiary alicyclic amines) is 1. The summed E-state index contributed by atoms with van der Waals surface area (Å²) in [5.74, 6) is 0.810. The molecular formula is C26H24ClN3O. The highest BCUT2D eigenvalue weighted by Gasteiger charge is 2.34. The number of nitrogens with zero attached hydrogens (tertiary/aromatic N) is 3. The lowest BCUT2D eigenvalue weighted by atomic mass is 9.76. The summed E-state index contributed by atoms with van der Waals surface area (Å²) < 4.78 is 0. The third-order valence-corrected chi connectivity index (χ3v) is 6.67. The largest absolute Gasteiger partial charge is 0.342 e. The molecule has 1 fully saturated rings. The van der Waals surface area contributed by atoms with Crippen molar-refractivity contribution < 1.29 is 4.79 Å². The molecule has 31 heavy (non-hydrogen) atoms. The molecule has 5 heteroatoms. The van der Waals surface area contributed by atoms with Crippen molar-refractivity contribution in [3.05, 3.63) is 94.0 Å². The van der Waals surface area contributed by atoms with Crippen molar-refractivity contribution >= 4 is 29.7 Å². The number of halogens is 1. The summed E-state index contributed by atoms with van der Waals surface area (Å²) in [7, 11) is 0. The van der Waals surface area contributed by atoms with E-state index in [0.717, 1.165) is 53.3 Å². The zero-order chi connectivity index (χ0) is 21.2. The van der Waals surface area contributed by atoms with Crippen molar-refractivity contribution in [3.63, 3.8) is 0 Å². The van der Waals surface area contributed by atoms with Crippen LogP contribution in [0.5, 0.6) is 0 Å². The molecule has 0 radical (unpaired) electrons. The maximum atomic E-state index is 12.8. The second kappa shape index (κ2) is 8.64. The van der Waals surface area contributed by atoms with Gasteiger partial charge in [0, 0.05) is 42.6 Å². The second-order valence-corrected chi connectivity index (χ2v) is 8.75. The van der Waals surface area contributed by atoms with Crippen LogP contribution in [0.2, 0.25) is 5.02 Å². The summed E-state index contributed by atoms with van der Waals surface area (Å²) >= 11 is 6.30. The normalized spacial score (nSPS) is 18.2. The molecule has 2 aliphatic rings. The molecule has 5 rings (SSSR count). The lowest BCUT2D eigenvalue weighted by Crippen LogP contribution is -2.40. The Labute approximate surface area is 187 Å². The zero-order valence-electron chi connectivity index (χ0n) is 17.2. The number of hydrogen-bond donors (Lipinski definition) is 0. The number of hydrogen-bond acceptors (Lipinski definition) is 3. The van der Waals surface area contributed by atoms with Crippen molar-refractivity contribution in [3.8, 4) is 0 Å². The van der Waals surface area contributed by atoms with E-state index in [1.807, 2.05) is 41.4 Å². The minimum absolute atomic E-state index is 0.180. The van der Waals surface area contributed by atoms with Gasteiger partial charge in [-0.3, -0.25) is 14.8 Å². The van der Waals surface area contributed by atoms with E-state index in [1.54, 1.807) is 12.4 Å². The Balaban J connectivity index is 1.37. The van der Waals surface area contributed by atoms with Gasteiger partial charge in [0.1, 0.15) is 0 Å². The number of carbonyl (C=O) groups is 1. The van der Waals surface area contributed by atoms with Crippen molar-refractivity contribution in [2.75, 3.05) is 13.1 Å². The van der Waals surface area contributed by atoms with Gasteiger partial charge in [-0.2, -0.15) is 0 Å². The van der Waals surface area contributed by atoms with E-state index in [4.69, 9.17) is 16.6 Å². The molecule has 1 amide bonds. The van der Waals surface area contributed by atoms with Gasteiger partial charge in [-0.1, -0.05) is 42.0 Å². The fraction of sp³-hybridized carbons (Fsp3) is 0.269. The van der Waals surface area contributed by atoms with Gasteiger partial charge in [-0.25, -0.2) is 0 Å². The topological polar surface area (TPSA) is 46.1 Å². The molecule has 4 nitrogen and oxygen atoms in total. The van der Waals surface area contributed by atoms with E-state index < -0.39 is 0 Å². The molecule has 1 aliphatic carbocycles. The van der Waals surface area contributed by atoms with Crippen LogP contribution >= 0.6 is 11.6 Å². The first kappa shape index (κ1) is 20.0. The highest BCUT2D eigenvalue weighted by Crippen LogP contribution is 2.42. The molecule has 0 bridgehead atoms. The van der Waals surface area contributed by atoms with Crippen LogP contribution in [0.3, 0.4) is 0 Å². The van der Waals surface area contributed by atoms with Crippen molar-refractivity contribution in [2.24, 2.45) is 5.92 Å². The van der Waals surface area contributed by atoms with Crippen LogP contribution in [0.1, 0.15) is 46.7 Å². The van der Waals surface area contributed by atoms with E-state index in [1.165, 1.54) is 5.56 Å². The van der Waals surface area contributed by atoms with Crippen molar-refractivity contribution in [2.45, 2.75) is 25.2 Å². The number of carbonyl (C=O) groups excluding carboxylic acids is 1. The van der Waals surface area contributed by atoms with Crippen LogP contribution in [0.4, 0.5) is 0 Å². The average molecular weight is 430 g/mol. The molecule has 156 valence electrons. The maximum Gasteiger partial charge on any atom is 0.227 e. The van der Waals surface area contributed by atoms with E-state index in [2.05, 4.69) is 29.3 Å². The van der Waals surface area contributed by atoms with E-state index >= 15 is 0 Å². The third-order valence-electron chi connectivity index (χ3n) is 6.43. The molecule has 0 spiro atoms. The Morgan fingerprint density at radius 1 is 1.03 bits per heavy atom. The molecule has 1 aromatic carbocycles. The summed E-state index contributed by atoms with van der Waals surface area (Å²) in [5, 5.41) is 0.747. The highest BCUT2D eigenvalue weighted by molar-refractivity contribution is 6.30. The van der Waals surface area contributed by atoms with E-state index in [-0.39, 0.29) is 11.8 Å². The summed E-state index contributed by atoms with van der Waals surface area (Å²) in [6.45, 7) is 1.55. The van der Waals surface area contributed by atoms with Crippen LogP contribution in [-0.4, -0.2) is 33.9 Å². The molecule has 3 aromatic rings. The first-order chi connectivity index (χ1) is 15.2. The Morgan fingerprint density at radius 3 is 2.65 bits per heavy atom. The summed E-state index contributed by atoms with van der Waals surface area (Å²) in [4.78, 5) is 23.7. The maximum absolute atomic E-state index is 12.8. The minimum atomic E-state index is 0.180. The number of aromatic nitrogens is 2. The predicted molar refractivity (Wildman–Crippen MR) is 124 cm³/mol. The molecule has 0 N–H and O–H groups in total. The smallest absolute Gasteiger partial charge is 0.227 e. The van der Waals surface area contributed by atoms with Gasteiger partial charge in [0.05, 0.1) is 12.1 Å². The molecule has 0 saturated carbocycles. The van der Waals surface area contributed by atoms with Crippen molar-refractivity contribution in [1.29, 1.82) is 0 Å². The van der Waals surface area contributed by atoms with Crippen molar-refractivity contribution in [1.82, 2.24) is 14.9 Å². The van der Waals surface area contributed by atoms with Gasteiger partial charge in [0.2, 0.25) is 5.91 Å². The summed E-state index contributed by atoms with van der Waals surface area (Å²) in [6.07, 6.45) is 12.0. The number of fused-ring (bicyclic) bond motifs is 2. The highest BCUT2D eigenvalue weighted by atomic mass is 35.5. The first-order valence-electron chi connectivity index (χ1n) is 10.8. The average Bonchev–Trinajstić information content (AvgIpc) is 2.96. The molecule has 1 atom stereocenters. The molecule has 1 unspecified atom stereocenters. The Kier molecular flexibility index (Phi) is 5.56. The van der Waals surface area contributed by atoms with Gasteiger partial charge < -0.3 is 4.90 Å². The number of rotatable bonds is 3. The fourth-order valence-corrected chi connectivity index (χ4v) is 5.06. The van der Waals surface area contributed by atoms with Gasteiger partial charge in [0.25, 0.3) is 0 Å². The van der Waals surface area contributed by atoms with Crippen LogP contribution in [0.25, 0.3) is 12.2 Å². The lowest BCUT2D eigenvalue weighted by Gasteiger charge is -2.36. The number of piperidine rings is 1. The molecule has 3 heterocycles.